The van der Waals surface area contributed by atoms with E-state index < -0.39 is 38.8 Å². The zero-order valence-corrected chi connectivity index (χ0v) is 15.1. The van der Waals surface area contributed by atoms with E-state index in [1.54, 1.807) is 6.92 Å². The fourth-order valence-electron chi connectivity index (χ4n) is 2.65. The quantitative estimate of drug-likeness (QED) is 0.727. The number of sulfone groups is 1. The van der Waals surface area contributed by atoms with Crippen molar-refractivity contribution in [3.63, 3.8) is 0 Å². The molecule has 1 N–H and O–H groups in total. The second-order valence-corrected chi connectivity index (χ2v) is 7.97. The average molecular weight is 397 g/mol. The van der Waals surface area contributed by atoms with Crippen LogP contribution >= 0.6 is 0 Å². The first-order chi connectivity index (χ1) is 12.6. The Kier molecular flexibility index (Phi) is 4.83. The molecule has 1 aromatic heterocycles. The lowest BCUT2D eigenvalue weighted by Crippen LogP contribution is -2.03. The molecule has 0 radical (unpaired) electrons. The van der Waals surface area contributed by atoms with Crippen LogP contribution in [0.2, 0.25) is 0 Å². The average Bonchev–Trinajstić information content (AvgIpc) is 3.01. The number of aliphatic hydroxyl groups excluding tert-OH is 1. The number of hydrogen-bond acceptors (Lipinski definition) is 5. The van der Waals surface area contributed by atoms with Crippen molar-refractivity contribution in [2.75, 3.05) is 6.26 Å². The SMILES string of the molecule is Cc1ccc(-c2noc(CO)c2-c2cc(F)c(S(C)(=O)=O)cc2F)cc1F. The number of rotatable bonds is 4. The molecule has 1 heterocycles. The molecule has 142 valence electrons. The lowest BCUT2D eigenvalue weighted by Gasteiger charge is -2.09. The summed E-state index contributed by atoms with van der Waals surface area (Å²) in [5, 5.41) is 13.2. The Morgan fingerprint density at radius 2 is 1.78 bits per heavy atom. The van der Waals surface area contributed by atoms with Crippen LogP contribution in [0.5, 0.6) is 0 Å². The summed E-state index contributed by atoms with van der Waals surface area (Å²) in [5.41, 5.74) is 0.145. The largest absolute Gasteiger partial charge is 0.388 e. The molecule has 0 unspecified atom stereocenters. The van der Waals surface area contributed by atoms with Gasteiger partial charge in [-0.15, -0.1) is 0 Å². The van der Waals surface area contributed by atoms with Crippen molar-refractivity contribution in [2.45, 2.75) is 18.4 Å². The van der Waals surface area contributed by atoms with Crippen LogP contribution in [0.1, 0.15) is 11.3 Å². The van der Waals surface area contributed by atoms with Gasteiger partial charge >= 0.3 is 0 Å². The first-order valence-corrected chi connectivity index (χ1v) is 9.58. The van der Waals surface area contributed by atoms with Crippen molar-refractivity contribution >= 4 is 9.84 Å². The monoisotopic (exact) mass is 397 g/mol. The summed E-state index contributed by atoms with van der Waals surface area (Å²) >= 11 is 0. The Labute approximate surface area is 153 Å². The molecule has 0 aliphatic carbocycles. The van der Waals surface area contributed by atoms with Gasteiger partial charge in [0.25, 0.3) is 0 Å². The second-order valence-electron chi connectivity index (χ2n) is 5.99. The van der Waals surface area contributed by atoms with Crippen LogP contribution in [0.4, 0.5) is 13.2 Å². The van der Waals surface area contributed by atoms with Crippen molar-refractivity contribution in [3.05, 3.63) is 59.1 Å². The van der Waals surface area contributed by atoms with Gasteiger partial charge in [-0.05, 0) is 30.7 Å². The van der Waals surface area contributed by atoms with Gasteiger partial charge in [0.1, 0.15) is 34.6 Å². The third-order valence-electron chi connectivity index (χ3n) is 4.04. The molecule has 9 heteroatoms. The molecule has 0 saturated carbocycles. The van der Waals surface area contributed by atoms with Gasteiger partial charge in [0, 0.05) is 17.4 Å². The van der Waals surface area contributed by atoms with Crippen molar-refractivity contribution in [1.29, 1.82) is 0 Å². The Morgan fingerprint density at radius 1 is 1.07 bits per heavy atom. The van der Waals surface area contributed by atoms with E-state index in [-0.39, 0.29) is 28.1 Å². The van der Waals surface area contributed by atoms with Crippen LogP contribution in [0.25, 0.3) is 22.4 Å². The maximum absolute atomic E-state index is 14.6. The fourth-order valence-corrected chi connectivity index (χ4v) is 3.38. The van der Waals surface area contributed by atoms with Crippen molar-refractivity contribution in [2.24, 2.45) is 0 Å². The minimum absolute atomic E-state index is 0.0108. The Bertz CT molecular complexity index is 1140. The maximum atomic E-state index is 14.6. The van der Waals surface area contributed by atoms with Gasteiger partial charge < -0.3 is 9.63 Å². The topological polar surface area (TPSA) is 80.4 Å². The Morgan fingerprint density at radius 3 is 2.37 bits per heavy atom. The lowest BCUT2D eigenvalue weighted by molar-refractivity contribution is 0.230. The summed E-state index contributed by atoms with van der Waals surface area (Å²) in [6.45, 7) is 0.881. The number of benzene rings is 2. The molecule has 0 bridgehead atoms. The third kappa shape index (κ3) is 3.47. The van der Waals surface area contributed by atoms with Gasteiger partial charge in [-0.1, -0.05) is 17.3 Å². The number of aliphatic hydroxyl groups is 1. The van der Waals surface area contributed by atoms with Gasteiger partial charge in [0.05, 0.1) is 5.56 Å². The minimum atomic E-state index is -3.98. The molecule has 0 aliphatic heterocycles. The van der Waals surface area contributed by atoms with Gasteiger partial charge in [0.2, 0.25) is 0 Å². The van der Waals surface area contributed by atoms with Crippen molar-refractivity contribution in [1.82, 2.24) is 5.16 Å². The molecule has 2 aromatic carbocycles. The molecule has 0 atom stereocenters. The summed E-state index contributed by atoms with van der Waals surface area (Å²) in [5.74, 6) is -2.92. The van der Waals surface area contributed by atoms with E-state index in [0.717, 1.165) is 12.3 Å². The van der Waals surface area contributed by atoms with E-state index in [1.165, 1.54) is 12.1 Å². The minimum Gasteiger partial charge on any atom is -0.388 e. The Hall–Kier alpha value is -2.65. The summed E-state index contributed by atoms with van der Waals surface area (Å²) in [4.78, 5) is -0.798. The number of halogens is 3. The van der Waals surface area contributed by atoms with Crippen LogP contribution < -0.4 is 0 Å². The van der Waals surface area contributed by atoms with Gasteiger partial charge in [0.15, 0.2) is 15.6 Å². The van der Waals surface area contributed by atoms with E-state index in [9.17, 15) is 26.7 Å². The summed E-state index contributed by atoms with van der Waals surface area (Å²) in [6, 6.07) is 5.38. The molecule has 0 aliphatic rings. The molecular weight excluding hydrogens is 383 g/mol. The Balaban J connectivity index is 2.27. The van der Waals surface area contributed by atoms with Crippen molar-refractivity contribution in [3.8, 4) is 22.4 Å². The molecule has 5 nitrogen and oxygen atoms in total. The van der Waals surface area contributed by atoms with E-state index in [1.807, 2.05) is 0 Å². The fraction of sp³-hybridized carbons (Fsp3) is 0.167. The standard InChI is InChI=1S/C18H14F3NO4S/c1-9-3-4-10(5-12(9)19)18-17(15(8-23)26-22-18)11-6-14(21)16(7-13(11)20)27(2,24)25/h3-7,23H,8H2,1-2H3. The van der Waals surface area contributed by atoms with Crippen LogP contribution in [-0.4, -0.2) is 24.9 Å². The highest BCUT2D eigenvalue weighted by atomic mass is 32.2. The molecule has 27 heavy (non-hydrogen) atoms. The number of aromatic nitrogens is 1. The highest BCUT2D eigenvalue weighted by molar-refractivity contribution is 7.90. The molecule has 0 amide bonds. The normalized spacial score (nSPS) is 11.8. The second kappa shape index (κ2) is 6.82. The molecule has 0 fully saturated rings. The number of hydrogen-bond donors (Lipinski definition) is 1. The van der Waals surface area contributed by atoms with E-state index >= 15 is 0 Å². The van der Waals surface area contributed by atoms with E-state index in [4.69, 9.17) is 4.52 Å². The van der Waals surface area contributed by atoms with E-state index in [2.05, 4.69) is 5.16 Å². The summed E-state index contributed by atoms with van der Waals surface area (Å²) < 4.78 is 70.9. The zero-order valence-electron chi connectivity index (χ0n) is 14.3. The van der Waals surface area contributed by atoms with Gasteiger partial charge in [-0.2, -0.15) is 0 Å². The van der Waals surface area contributed by atoms with Gasteiger partial charge in [-0.3, -0.25) is 0 Å². The third-order valence-corrected chi connectivity index (χ3v) is 5.15. The summed E-state index contributed by atoms with van der Waals surface area (Å²) in [7, 11) is -3.98. The first kappa shape index (κ1) is 19.1. The van der Waals surface area contributed by atoms with Crippen molar-refractivity contribution < 1.29 is 31.2 Å². The van der Waals surface area contributed by atoms with Crippen LogP contribution in [0.3, 0.4) is 0 Å². The molecule has 3 rings (SSSR count). The van der Waals surface area contributed by atoms with Crippen LogP contribution in [0, 0.1) is 24.4 Å². The molecule has 0 saturated heterocycles. The zero-order chi connectivity index (χ0) is 19.9. The highest BCUT2D eigenvalue weighted by Crippen LogP contribution is 2.38. The van der Waals surface area contributed by atoms with Crippen LogP contribution in [-0.2, 0) is 16.4 Å². The number of aryl methyl sites for hydroxylation is 1. The van der Waals surface area contributed by atoms with Gasteiger partial charge in [-0.25, -0.2) is 21.6 Å². The maximum Gasteiger partial charge on any atom is 0.178 e. The predicted molar refractivity (Wildman–Crippen MR) is 91.0 cm³/mol. The van der Waals surface area contributed by atoms with E-state index in [0.29, 0.717) is 17.7 Å². The molecule has 3 aromatic rings. The molecular formula is C18H14F3NO4S. The van der Waals surface area contributed by atoms with Crippen LogP contribution in [0.15, 0.2) is 39.8 Å². The highest BCUT2D eigenvalue weighted by Gasteiger charge is 2.25. The smallest absolute Gasteiger partial charge is 0.178 e. The molecule has 0 spiro atoms. The lowest BCUT2D eigenvalue weighted by atomic mass is 9.98. The first-order valence-electron chi connectivity index (χ1n) is 7.69. The predicted octanol–water partition coefficient (Wildman–Crippen LogP) is 3.63. The summed E-state index contributed by atoms with van der Waals surface area (Å²) in [6.07, 6.45) is 0.754. The number of nitrogens with zero attached hydrogens (tertiary/aromatic N) is 1.